The second-order valence-electron chi connectivity index (χ2n) is 3.99. The highest BCUT2D eigenvalue weighted by Gasteiger charge is 2.30. The molecular formula is C10H11ClN4. The molecule has 0 saturated heterocycles. The molecule has 5 heteroatoms. The average molecular weight is 223 g/mol. The summed E-state index contributed by atoms with van der Waals surface area (Å²) in [6.45, 7) is 0. The van der Waals surface area contributed by atoms with Gasteiger partial charge in [0.25, 0.3) is 0 Å². The maximum atomic E-state index is 6.28. The first kappa shape index (κ1) is 9.09. The van der Waals surface area contributed by atoms with Gasteiger partial charge in [-0.25, -0.2) is 0 Å². The van der Waals surface area contributed by atoms with E-state index in [4.69, 9.17) is 11.6 Å². The van der Waals surface area contributed by atoms with Crippen molar-refractivity contribution in [3.8, 4) is 0 Å². The quantitative estimate of drug-likeness (QED) is 0.743. The molecule has 2 heterocycles. The first-order valence-corrected chi connectivity index (χ1v) is 5.55. The molecule has 0 amide bonds. The van der Waals surface area contributed by atoms with Crippen molar-refractivity contribution in [3.05, 3.63) is 24.4 Å². The summed E-state index contributed by atoms with van der Waals surface area (Å²) in [4.78, 5) is 4.32. The number of aromatic nitrogens is 4. The van der Waals surface area contributed by atoms with E-state index in [1.807, 2.05) is 10.6 Å². The fourth-order valence-electron chi connectivity index (χ4n) is 1.76. The maximum Gasteiger partial charge on any atom is 0.182 e. The summed E-state index contributed by atoms with van der Waals surface area (Å²) in [6.07, 6.45) is 8.59. The van der Waals surface area contributed by atoms with Gasteiger partial charge in [-0.05, 0) is 18.8 Å². The number of halogens is 1. The molecule has 1 aliphatic rings. The van der Waals surface area contributed by atoms with Crippen LogP contribution >= 0.6 is 11.6 Å². The first-order valence-electron chi connectivity index (χ1n) is 5.12. The summed E-state index contributed by atoms with van der Waals surface area (Å²) in [5, 5.41) is 8.10. The highest BCUT2D eigenvalue weighted by molar-refractivity contribution is 6.21. The molecule has 0 radical (unpaired) electrons. The zero-order valence-corrected chi connectivity index (χ0v) is 8.93. The van der Waals surface area contributed by atoms with Crippen molar-refractivity contribution in [1.29, 1.82) is 0 Å². The van der Waals surface area contributed by atoms with Crippen LogP contribution in [0.15, 0.2) is 18.7 Å². The molecule has 78 valence electrons. The molecule has 3 rings (SSSR count). The Morgan fingerprint density at radius 1 is 1.53 bits per heavy atom. The van der Waals surface area contributed by atoms with Crippen LogP contribution in [0, 0.1) is 5.92 Å². The molecule has 0 N–H and O–H groups in total. The standard InChI is InChI=1S/C10H11ClN4/c11-8(7-1-2-7)5-9-10-14-13-6-15(10)4-3-12-9/h3-4,6-8H,1-2,5H2. The van der Waals surface area contributed by atoms with Crippen molar-refractivity contribution in [2.45, 2.75) is 24.6 Å². The Kier molecular flexibility index (Phi) is 2.09. The fraction of sp³-hybridized carbons (Fsp3) is 0.500. The van der Waals surface area contributed by atoms with Gasteiger partial charge in [-0.1, -0.05) is 0 Å². The summed E-state index contributed by atoms with van der Waals surface area (Å²) in [7, 11) is 0. The Morgan fingerprint density at radius 3 is 3.20 bits per heavy atom. The summed E-state index contributed by atoms with van der Waals surface area (Å²) in [5.74, 6) is 0.677. The van der Waals surface area contributed by atoms with Crippen molar-refractivity contribution in [1.82, 2.24) is 19.6 Å². The molecule has 0 aliphatic heterocycles. The molecule has 2 aromatic rings. The van der Waals surface area contributed by atoms with Crippen molar-refractivity contribution >= 4 is 17.2 Å². The minimum atomic E-state index is 0.195. The van der Waals surface area contributed by atoms with Crippen LogP contribution in [0.5, 0.6) is 0 Å². The number of fused-ring (bicyclic) bond motifs is 1. The molecule has 1 saturated carbocycles. The van der Waals surface area contributed by atoms with Gasteiger partial charge in [0.1, 0.15) is 6.33 Å². The van der Waals surface area contributed by atoms with Crippen LogP contribution in [-0.2, 0) is 6.42 Å². The minimum absolute atomic E-state index is 0.195. The number of hydrogen-bond acceptors (Lipinski definition) is 3. The Bertz CT molecular complexity index is 477. The number of rotatable bonds is 3. The molecule has 1 unspecified atom stereocenters. The second-order valence-corrected chi connectivity index (χ2v) is 4.55. The minimum Gasteiger partial charge on any atom is -0.286 e. The average Bonchev–Trinajstić information content (AvgIpc) is 2.97. The van der Waals surface area contributed by atoms with Crippen LogP contribution in [0.4, 0.5) is 0 Å². The highest BCUT2D eigenvalue weighted by Crippen LogP contribution is 2.37. The van der Waals surface area contributed by atoms with E-state index in [1.165, 1.54) is 12.8 Å². The zero-order valence-electron chi connectivity index (χ0n) is 8.17. The van der Waals surface area contributed by atoms with Crippen LogP contribution in [-0.4, -0.2) is 25.0 Å². The molecule has 1 atom stereocenters. The third-order valence-corrected chi connectivity index (χ3v) is 3.32. The van der Waals surface area contributed by atoms with Gasteiger partial charge in [-0.2, -0.15) is 0 Å². The van der Waals surface area contributed by atoms with Crippen molar-refractivity contribution in [3.63, 3.8) is 0 Å². The van der Waals surface area contributed by atoms with Crippen LogP contribution < -0.4 is 0 Å². The maximum absolute atomic E-state index is 6.28. The van der Waals surface area contributed by atoms with Crippen LogP contribution in [0.2, 0.25) is 0 Å². The van der Waals surface area contributed by atoms with Gasteiger partial charge in [0.15, 0.2) is 5.65 Å². The number of alkyl halides is 1. The van der Waals surface area contributed by atoms with Crippen molar-refractivity contribution < 1.29 is 0 Å². The molecule has 4 nitrogen and oxygen atoms in total. The zero-order chi connectivity index (χ0) is 10.3. The molecule has 0 bridgehead atoms. The first-order chi connectivity index (χ1) is 7.34. The van der Waals surface area contributed by atoms with Crippen molar-refractivity contribution in [2.75, 3.05) is 0 Å². The van der Waals surface area contributed by atoms with Gasteiger partial charge < -0.3 is 0 Å². The normalized spacial score (nSPS) is 18.2. The van der Waals surface area contributed by atoms with Gasteiger partial charge in [0.05, 0.1) is 5.69 Å². The van der Waals surface area contributed by atoms with Crippen LogP contribution in [0.25, 0.3) is 5.65 Å². The summed E-state index contributed by atoms with van der Waals surface area (Å²) < 4.78 is 1.87. The van der Waals surface area contributed by atoms with E-state index in [2.05, 4.69) is 15.2 Å². The van der Waals surface area contributed by atoms with E-state index < -0.39 is 0 Å². The second kappa shape index (κ2) is 3.45. The monoisotopic (exact) mass is 222 g/mol. The third-order valence-electron chi connectivity index (χ3n) is 2.81. The Morgan fingerprint density at radius 2 is 2.40 bits per heavy atom. The largest absolute Gasteiger partial charge is 0.286 e. The smallest absolute Gasteiger partial charge is 0.182 e. The topological polar surface area (TPSA) is 43.1 Å². The van der Waals surface area contributed by atoms with E-state index >= 15 is 0 Å². The number of nitrogens with zero attached hydrogens (tertiary/aromatic N) is 4. The lowest BCUT2D eigenvalue weighted by molar-refractivity contribution is 0.724. The Balaban J connectivity index is 1.92. The summed E-state index contributed by atoms with van der Waals surface area (Å²) in [5.41, 5.74) is 1.77. The molecule has 15 heavy (non-hydrogen) atoms. The molecular weight excluding hydrogens is 212 g/mol. The lowest BCUT2D eigenvalue weighted by atomic mass is 10.1. The van der Waals surface area contributed by atoms with E-state index in [0.717, 1.165) is 17.8 Å². The van der Waals surface area contributed by atoms with E-state index in [0.29, 0.717) is 5.92 Å². The van der Waals surface area contributed by atoms with E-state index in [-0.39, 0.29) is 5.38 Å². The predicted molar refractivity (Wildman–Crippen MR) is 56.9 cm³/mol. The SMILES string of the molecule is ClC(Cc1nccn2cnnc12)C1CC1. The summed E-state index contributed by atoms with van der Waals surface area (Å²) >= 11 is 6.28. The molecule has 0 spiro atoms. The van der Waals surface area contributed by atoms with Gasteiger partial charge in [-0.15, -0.1) is 21.8 Å². The molecule has 1 aliphatic carbocycles. The lowest BCUT2D eigenvalue weighted by Crippen LogP contribution is -2.08. The van der Waals surface area contributed by atoms with Crippen molar-refractivity contribution in [2.24, 2.45) is 5.92 Å². The molecule has 0 aromatic carbocycles. The van der Waals surface area contributed by atoms with Gasteiger partial charge in [0, 0.05) is 24.2 Å². The van der Waals surface area contributed by atoms with Gasteiger partial charge >= 0.3 is 0 Å². The van der Waals surface area contributed by atoms with Crippen LogP contribution in [0.1, 0.15) is 18.5 Å². The van der Waals surface area contributed by atoms with E-state index in [1.54, 1.807) is 12.5 Å². The Hall–Kier alpha value is -1.16. The lowest BCUT2D eigenvalue weighted by Gasteiger charge is -2.06. The predicted octanol–water partition coefficient (Wildman–Crippen LogP) is 1.68. The summed E-state index contributed by atoms with van der Waals surface area (Å²) in [6, 6.07) is 0. The third kappa shape index (κ3) is 1.69. The highest BCUT2D eigenvalue weighted by atomic mass is 35.5. The van der Waals surface area contributed by atoms with Gasteiger partial charge in [0.2, 0.25) is 0 Å². The molecule has 2 aromatic heterocycles. The van der Waals surface area contributed by atoms with Gasteiger partial charge in [-0.3, -0.25) is 9.38 Å². The Labute approximate surface area is 92.3 Å². The molecule has 1 fully saturated rings. The van der Waals surface area contributed by atoms with E-state index in [9.17, 15) is 0 Å². The van der Waals surface area contributed by atoms with Crippen LogP contribution in [0.3, 0.4) is 0 Å². The fourth-order valence-corrected chi connectivity index (χ4v) is 2.16. The number of hydrogen-bond donors (Lipinski definition) is 0.